The molecule has 2 rings (SSSR count). The Morgan fingerprint density at radius 3 is 3.00 bits per heavy atom. The fourth-order valence-electron chi connectivity index (χ4n) is 1.71. The largest absolute Gasteiger partial charge is 0.459 e. The molecule has 1 saturated carbocycles. The lowest BCUT2D eigenvalue weighted by Gasteiger charge is -2.15. The van der Waals surface area contributed by atoms with E-state index in [-0.39, 0.29) is 18.6 Å². The summed E-state index contributed by atoms with van der Waals surface area (Å²) in [6.45, 7) is 0.111. The van der Waals surface area contributed by atoms with Gasteiger partial charge in [-0.05, 0) is 37.3 Å². The molecule has 4 nitrogen and oxygen atoms in total. The Labute approximate surface area is 88.3 Å². The van der Waals surface area contributed by atoms with Gasteiger partial charge in [0.15, 0.2) is 5.76 Å². The van der Waals surface area contributed by atoms with Crippen molar-refractivity contribution in [2.45, 2.75) is 25.3 Å². The predicted octanol–water partition coefficient (Wildman–Crippen LogP) is 1.17. The van der Waals surface area contributed by atoms with Gasteiger partial charge >= 0.3 is 0 Å². The molecule has 0 radical (unpaired) electrons. The number of furan rings is 1. The summed E-state index contributed by atoms with van der Waals surface area (Å²) in [5, 5.41) is 11.8. The van der Waals surface area contributed by atoms with Crippen molar-refractivity contribution in [3.05, 3.63) is 24.2 Å². The van der Waals surface area contributed by atoms with E-state index in [4.69, 9.17) is 9.52 Å². The van der Waals surface area contributed by atoms with Crippen LogP contribution in [0.5, 0.6) is 0 Å². The van der Waals surface area contributed by atoms with Crippen LogP contribution >= 0.6 is 0 Å². The average molecular weight is 209 g/mol. The van der Waals surface area contributed by atoms with Gasteiger partial charge < -0.3 is 14.8 Å². The van der Waals surface area contributed by atoms with E-state index in [1.807, 2.05) is 0 Å². The number of rotatable bonds is 5. The molecule has 1 unspecified atom stereocenters. The van der Waals surface area contributed by atoms with Crippen molar-refractivity contribution in [3.63, 3.8) is 0 Å². The summed E-state index contributed by atoms with van der Waals surface area (Å²) >= 11 is 0. The number of aliphatic hydroxyl groups is 1. The van der Waals surface area contributed by atoms with Crippen LogP contribution < -0.4 is 5.32 Å². The molecule has 0 aromatic carbocycles. The summed E-state index contributed by atoms with van der Waals surface area (Å²) in [6, 6.07) is 3.42. The molecule has 1 heterocycles. The molecule has 2 N–H and O–H groups in total. The number of carbonyl (C=O) groups excluding carboxylic acids is 1. The quantitative estimate of drug-likeness (QED) is 0.765. The molecule has 82 valence electrons. The van der Waals surface area contributed by atoms with E-state index in [0.29, 0.717) is 18.1 Å². The summed E-state index contributed by atoms with van der Waals surface area (Å²) in [5.74, 6) is 0.681. The summed E-state index contributed by atoms with van der Waals surface area (Å²) in [5.41, 5.74) is 0. The van der Waals surface area contributed by atoms with Gasteiger partial charge in [0.25, 0.3) is 5.91 Å². The molecule has 1 aromatic rings. The molecule has 1 amide bonds. The van der Waals surface area contributed by atoms with E-state index < -0.39 is 0 Å². The fourth-order valence-corrected chi connectivity index (χ4v) is 1.71. The summed E-state index contributed by atoms with van der Waals surface area (Å²) in [7, 11) is 0. The van der Waals surface area contributed by atoms with E-state index >= 15 is 0 Å². The second-order valence-corrected chi connectivity index (χ2v) is 3.91. The third-order valence-corrected chi connectivity index (χ3v) is 2.69. The van der Waals surface area contributed by atoms with Crippen molar-refractivity contribution < 1.29 is 14.3 Å². The normalized spacial score (nSPS) is 17.4. The molecule has 0 saturated heterocycles. The zero-order valence-corrected chi connectivity index (χ0v) is 8.48. The molecule has 15 heavy (non-hydrogen) atoms. The van der Waals surface area contributed by atoms with Gasteiger partial charge in [-0.25, -0.2) is 0 Å². The van der Waals surface area contributed by atoms with Gasteiger partial charge in [-0.2, -0.15) is 0 Å². The van der Waals surface area contributed by atoms with Crippen molar-refractivity contribution in [1.29, 1.82) is 0 Å². The van der Waals surface area contributed by atoms with Crippen molar-refractivity contribution in [1.82, 2.24) is 5.32 Å². The van der Waals surface area contributed by atoms with Crippen molar-refractivity contribution >= 4 is 5.91 Å². The van der Waals surface area contributed by atoms with Crippen LogP contribution in [-0.4, -0.2) is 23.7 Å². The molecule has 1 atom stereocenters. The monoisotopic (exact) mass is 209 g/mol. The Bertz CT molecular complexity index is 317. The standard InChI is InChI=1S/C11H15NO3/c13-6-5-9(8-3-4-8)12-11(14)10-2-1-7-15-10/h1-2,7-9,13H,3-6H2,(H,12,14). The maximum absolute atomic E-state index is 11.6. The minimum atomic E-state index is -0.189. The summed E-state index contributed by atoms with van der Waals surface area (Å²) in [4.78, 5) is 11.6. The fraction of sp³-hybridized carbons (Fsp3) is 0.545. The lowest BCUT2D eigenvalue weighted by Crippen LogP contribution is -2.36. The van der Waals surface area contributed by atoms with Gasteiger partial charge in [-0.1, -0.05) is 0 Å². The number of amides is 1. The van der Waals surface area contributed by atoms with Crippen LogP contribution in [-0.2, 0) is 0 Å². The maximum atomic E-state index is 11.6. The SMILES string of the molecule is O=C(NC(CCO)C1CC1)c1ccco1. The number of hydrogen-bond donors (Lipinski definition) is 2. The van der Waals surface area contributed by atoms with Crippen LogP contribution in [0, 0.1) is 5.92 Å². The van der Waals surface area contributed by atoms with Crippen LogP contribution in [0.4, 0.5) is 0 Å². The van der Waals surface area contributed by atoms with Crippen LogP contribution in [0.15, 0.2) is 22.8 Å². The molecule has 0 bridgehead atoms. The number of aliphatic hydroxyl groups excluding tert-OH is 1. The third kappa shape index (κ3) is 2.59. The molecule has 0 spiro atoms. The number of nitrogens with one attached hydrogen (secondary N) is 1. The molecule has 0 aliphatic heterocycles. The zero-order chi connectivity index (χ0) is 10.7. The minimum Gasteiger partial charge on any atom is -0.459 e. The highest BCUT2D eigenvalue weighted by Crippen LogP contribution is 2.34. The van der Waals surface area contributed by atoms with Gasteiger partial charge in [-0.3, -0.25) is 4.79 Å². The van der Waals surface area contributed by atoms with Crippen molar-refractivity contribution in [2.24, 2.45) is 5.92 Å². The topological polar surface area (TPSA) is 62.5 Å². The Morgan fingerprint density at radius 2 is 2.47 bits per heavy atom. The highest BCUT2D eigenvalue weighted by atomic mass is 16.3. The Hall–Kier alpha value is -1.29. The van der Waals surface area contributed by atoms with E-state index in [0.717, 1.165) is 12.8 Å². The Kier molecular flexibility index (Phi) is 3.06. The minimum absolute atomic E-state index is 0.0904. The predicted molar refractivity (Wildman–Crippen MR) is 54.4 cm³/mol. The molecule has 1 aliphatic carbocycles. The average Bonchev–Trinajstić information content (AvgIpc) is 2.92. The van der Waals surface area contributed by atoms with Crippen LogP contribution in [0.25, 0.3) is 0 Å². The second kappa shape index (κ2) is 4.49. The first-order valence-corrected chi connectivity index (χ1v) is 5.26. The first kappa shape index (κ1) is 10.2. The first-order chi connectivity index (χ1) is 7.31. The molecule has 4 heteroatoms. The zero-order valence-electron chi connectivity index (χ0n) is 8.48. The molecule has 1 aliphatic rings. The van der Waals surface area contributed by atoms with Crippen LogP contribution in [0.1, 0.15) is 29.8 Å². The van der Waals surface area contributed by atoms with Crippen LogP contribution in [0.2, 0.25) is 0 Å². The number of carbonyl (C=O) groups is 1. The maximum Gasteiger partial charge on any atom is 0.287 e. The van der Waals surface area contributed by atoms with Gasteiger partial charge in [0.1, 0.15) is 0 Å². The van der Waals surface area contributed by atoms with Gasteiger partial charge in [0.05, 0.1) is 6.26 Å². The summed E-state index contributed by atoms with van der Waals surface area (Å²) < 4.78 is 5.00. The molecule has 1 fully saturated rings. The van der Waals surface area contributed by atoms with Crippen molar-refractivity contribution in [2.75, 3.05) is 6.61 Å². The second-order valence-electron chi connectivity index (χ2n) is 3.91. The van der Waals surface area contributed by atoms with E-state index in [1.54, 1.807) is 12.1 Å². The van der Waals surface area contributed by atoms with Gasteiger partial charge in [0.2, 0.25) is 0 Å². The summed E-state index contributed by atoms with van der Waals surface area (Å²) in [6.07, 6.45) is 4.39. The number of hydrogen-bond acceptors (Lipinski definition) is 3. The molecular weight excluding hydrogens is 194 g/mol. The van der Waals surface area contributed by atoms with Crippen molar-refractivity contribution in [3.8, 4) is 0 Å². The lowest BCUT2D eigenvalue weighted by atomic mass is 10.1. The van der Waals surface area contributed by atoms with Gasteiger partial charge in [0, 0.05) is 12.6 Å². The van der Waals surface area contributed by atoms with E-state index in [2.05, 4.69) is 5.32 Å². The smallest absolute Gasteiger partial charge is 0.287 e. The van der Waals surface area contributed by atoms with E-state index in [9.17, 15) is 4.79 Å². The Balaban J connectivity index is 1.91. The lowest BCUT2D eigenvalue weighted by molar-refractivity contribution is 0.0896. The highest BCUT2D eigenvalue weighted by Gasteiger charge is 2.32. The van der Waals surface area contributed by atoms with E-state index in [1.165, 1.54) is 6.26 Å². The highest BCUT2D eigenvalue weighted by molar-refractivity contribution is 5.91. The first-order valence-electron chi connectivity index (χ1n) is 5.26. The Morgan fingerprint density at radius 1 is 1.67 bits per heavy atom. The molecular formula is C11H15NO3. The third-order valence-electron chi connectivity index (χ3n) is 2.69. The van der Waals surface area contributed by atoms with Crippen LogP contribution in [0.3, 0.4) is 0 Å². The van der Waals surface area contributed by atoms with Gasteiger partial charge in [-0.15, -0.1) is 0 Å². The molecule has 1 aromatic heterocycles.